The van der Waals surface area contributed by atoms with Gasteiger partial charge in [-0.3, -0.25) is 0 Å². The topological polar surface area (TPSA) is 18.5 Å². The van der Waals surface area contributed by atoms with E-state index in [9.17, 15) is 0 Å². The summed E-state index contributed by atoms with van der Waals surface area (Å²) < 4.78 is 12.2. The highest BCUT2D eigenvalue weighted by atomic mass is 28.4. The van der Waals surface area contributed by atoms with Gasteiger partial charge in [-0.2, -0.15) is 0 Å². The third kappa shape index (κ3) is 4.14. The van der Waals surface area contributed by atoms with E-state index in [-0.39, 0.29) is 5.04 Å². The largest absolute Gasteiger partial charge is 0.541 e. The quantitative estimate of drug-likeness (QED) is 0.644. The van der Waals surface area contributed by atoms with Crippen molar-refractivity contribution in [2.24, 2.45) is 0 Å². The van der Waals surface area contributed by atoms with Crippen LogP contribution in [0.5, 0.6) is 11.5 Å². The van der Waals surface area contributed by atoms with E-state index in [0.717, 1.165) is 23.5 Å². The summed E-state index contributed by atoms with van der Waals surface area (Å²) in [5, 5.41) is 0.173. The van der Waals surface area contributed by atoms with E-state index >= 15 is 0 Å². The Labute approximate surface area is 124 Å². The van der Waals surface area contributed by atoms with Crippen molar-refractivity contribution in [2.75, 3.05) is 6.61 Å². The van der Waals surface area contributed by atoms with Crippen LogP contribution in [0.1, 0.15) is 39.7 Å². The lowest BCUT2D eigenvalue weighted by Gasteiger charge is -2.36. The van der Waals surface area contributed by atoms with Crippen LogP contribution >= 0.6 is 0 Å². The second kappa shape index (κ2) is 6.49. The second-order valence-corrected chi connectivity index (χ2v) is 11.3. The maximum Gasteiger partial charge on any atom is 0.250 e. The molecule has 0 amide bonds. The van der Waals surface area contributed by atoms with Crippen LogP contribution in [0.25, 0.3) is 6.08 Å². The van der Waals surface area contributed by atoms with E-state index in [1.54, 1.807) is 0 Å². The first kappa shape index (κ1) is 16.8. The van der Waals surface area contributed by atoms with Crippen molar-refractivity contribution in [3.63, 3.8) is 0 Å². The average Bonchev–Trinajstić information content (AvgIpc) is 2.36. The molecule has 0 bridgehead atoms. The molecule has 2 nitrogen and oxygen atoms in total. The molecule has 0 saturated heterocycles. The first-order valence-corrected chi connectivity index (χ1v) is 10.2. The van der Waals surface area contributed by atoms with Crippen LogP contribution in [0.4, 0.5) is 0 Å². The van der Waals surface area contributed by atoms with Crippen LogP contribution in [0.2, 0.25) is 18.1 Å². The summed E-state index contributed by atoms with van der Waals surface area (Å²) in [5.41, 5.74) is 1.05. The van der Waals surface area contributed by atoms with Gasteiger partial charge in [0.15, 0.2) is 5.75 Å². The molecule has 0 saturated carbocycles. The zero-order valence-electron chi connectivity index (χ0n) is 13.7. The number of hydrogen-bond acceptors (Lipinski definition) is 2. The average molecular weight is 292 g/mol. The minimum atomic E-state index is -1.85. The molecule has 0 heterocycles. The van der Waals surface area contributed by atoms with Crippen molar-refractivity contribution in [2.45, 2.75) is 52.2 Å². The summed E-state index contributed by atoms with van der Waals surface area (Å²) in [6, 6.07) is 6.03. The van der Waals surface area contributed by atoms with E-state index in [1.807, 2.05) is 24.3 Å². The van der Waals surface area contributed by atoms with Crippen LogP contribution in [0, 0.1) is 0 Å². The van der Waals surface area contributed by atoms with Crippen molar-refractivity contribution in [3.05, 3.63) is 30.3 Å². The van der Waals surface area contributed by atoms with Gasteiger partial charge in [-0.1, -0.05) is 46.4 Å². The molecule has 0 spiro atoms. The van der Waals surface area contributed by atoms with Gasteiger partial charge in [-0.25, -0.2) is 0 Å². The number of rotatable bonds is 6. The number of benzene rings is 1. The lowest BCUT2D eigenvalue weighted by Crippen LogP contribution is -2.43. The summed E-state index contributed by atoms with van der Waals surface area (Å²) in [5.74, 6) is 1.68. The fraction of sp³-hybridized carbons (Fsp3) is 0.529. The van der Waals surface area contributed by atoms with Gasteiger partial charge in [0.05, 0.1) is 6.61 Å². The maximum absolute atomic E-state index is 6.37. The van der Waals surface area contributed by atoms with Crippen LogP contribution in [-0.4, -0.2) is 14.9 Å². The predicted octanol–water partition coefficient (Wildman–Crippen LogP) is 5.50. The standard InChI is InChI=1S/C17H28O2Si/c1-8-12-18-16-13-14(9-2)10-11-15(16)19-20(6,7)17(3,4)5/h9-11,13H,2,8,12H2,1,3-7H3. The molecule has 0 aliphatic carbocycles. The Morgan fingerprint density at radius 3 is 2.35 bits per heavy atom. The van der Waals surface area contributed by atoms with Gasteiger partial charge >= 0.3 is 0 Å². The lowest BCUT2D eigenvalue weighted by molar-refractivity contribution is 0.305. The van der Waals surface area contributed by atoms with Crippen LogP contribution in [0.3, 0.4) is 0 Å². The highest BCUT2D eigenvalue weighted by molar-refractivity contribution is 6.74. The smallest absolute Gasteiger partial charge is 0.250 e. The fourth-order valence-corrected chi connectivity index (χ4v) is 2.51. The second-order valence-electron chi connectivity index (χ2n) is 6.62. The Kier molecular flexibility index (Phi) is 5.46. The van der Waals surface area contributed by atoms with Crippen LogP contribution < -0.4 is 9.16 Å². The number of ether oxygens (including phenoxy) is 1. The summed E-state index contributed by atoms with van der Waals surface area (Å²) >= 11 is 0. The highest BCUT2D eigenvalue weighted by Crippen LogP contribution is 2.40. The molecule has 1 aromatic rings. The molecule has 0 fully saturated rings. The fourth-order valence-electron chi connectivity index (χ4n) is 1.49. The molecule has 0 radical (unpaired) electrons. The summed E-state index contributed by atoms with van der Waals surface area (Å²) in [7, 11) is -1.85. The Morgan fingerprint density at radius 2 is 1.85 bits per heavy atom. The Morgan fingerprint density at radius 1 is 1.20 bits per heavy atom. The minimum Gasteiger partial charge on any atom is -0.541 e. The molecule has 0 N–H and O–H groups in total. The van der Waals surface area contributed by atoms with E-state index in [2.05, 4.69) is 47.4 Å². The van der Waals surface area contributed by atoms with E-state index in [1.165, 1.54) is 0 Å². The first-order valence-electron chi connectivity index (χ1n) is 7.29. The maximum atomic E-state index is 6.37. The molecule has 0 aromatic heterocycles. The van der Waals surface area contributed by atoms with Gasteiger partial charge < -0.3 is 9.16 Å². The minimum absolute atomic E-state index is 0.173. The SMILES string of the molecule is C=Cc1ccc(O[Si](C)(C)C(C)(C)C)c(OCCC)c1. The van der Waals surface area contributed by atoms with Crippen molar-refractivity contribution in [1.29, 1.82) is 0 Å². The van der Waals surface area contributed by atoms with Crippen molar-refractivity contribution >= 4 is 14.4 Å². The third-order valence-electron chi connectivity index (χ3n) is 3.84. The summed E-state index contributed by atoms with van der Waals surface area (Å²) in [6.45, 7) is 17.8. The molecule has 0 atom stereocenters. The molecular weight excluding hydrogens is 264 g/mol. The monoisotopic (exact) mass is 292 g/mol. The van der Waals surface area contributed by atoms with Crippen molar-refractivity contribution in [3.8, 4) is 11.5 Å². The third-order valence-corrected chi connectivity index (χ3v) is 8.18. The molecule has 0 aliphatic rings. The molecular formula is C17H28O2Si. The molecule has 112 valence electrons. The predicted molar refractivity (Wildman–Crippen MR) is 90.1 cm³/mol. The van der Waals surface area contributed by atoms with Gasteiger partial charge in [0.2, 0.25) is 0 Å². The van der Waals surface area contributed by atoms with E-state index in [0.29, 0.717) is 6.61 Å². The normalized spacial score (nSPS) is 12.1. The molecule has 0 aliphatic heterocycles. The summed E-state index contributed by atoms with van der Waals surface area (Å²) in [4.78, 5) is 0. The summed E-state index contributed by atoms with van der Waals surface area (Å²) in [6.07, 6.45) is 2.81. The molecule has 1 aromatic carbocycles. The molecule has 1 rings (SSSR count). The van der Waals surface area contributed by atoms with Gasteiger partial charge in [0, 0.05) is 0 Å². The lowest BCUT2D eigenvalue weighted by atomic mass is 10.2. The molecule has 0 unspecified atom stereocenters. The van der Waals surface area contributed by atoms with Crippen molar-refractivity contribution < 1.29 is 9.16 Å². The van der Waals surface area contributed by atoms with E-state index < -0.39 is 8.32 Å². The van der Waals surface area contributed by atoms with E-state index in [4.69, 9.17) is 9.16 Å². The zero-order chi connectivity index (χ0) is 15.4. The molecule has 3 heteroatoms. The Hall–Kier alpha value is -1.22. The van der Waals surface area contributed by atoms with Gasteiger partial charge in [-0.05, 0) is 42.2 Å². The van der Waals surface area contributed by atoms with Gasteiger partial charge in [0.25, 0.3) is 8.32 Å². The Balaban J connectivity index is 3.07. The Bertz CT molecular complexity index is 459. The highest BCUT2D eigenvalue weighted by Gasteiger charge is 2.39. The van der Waals surface area contributed by atoms with Gasteiger partial charge in [0.1, 0.15) is 5.75 Å². The van der Waals surface area contributed by atoms with Crippen LogP contribution in [-0.2, 0) is 0 Å². The van der Waals surface area contributed by atoms with Gasteiger partial charge in [-0.15, -0.1) is 0 Å². The molecule has 20 heavy (non-hydrogen) atoms. The first-order chi connectivity index (χ1) is 9.21. The van der Waals surface area contributed by atoms with Crippen LogP contribution in [0.15, 0.2) is 24.8 Å². The van der Waals surface area contributed by atoms with Crippen molar-refractivity contribution in [1.82, 2.24) is 0 Å². The number of hydrogen-bond donors (Lipinski definition) is 0. The zero-order valence-corrected chi connectivity index (χ0v) is 14.7.